The Balaban J connectivity index is 2.07. The molecule has 0 bridgehead atoms. The summed E-state index contributed by atoms with van der Waals surface area (Å²) >= 11 is 0. The lowest BCUT2D eigenvalue weighted by atomic mass is 9.86. The molecule has 1 amide bonds. The fraction of sp³-hybridized carbons (Fsp3) is 0.857. The van der Waals surface area contributed by atoms with E-state index in [1.165, 1.54) is 0 Å². The Labute approximate surface area is 65.7 Å². The number of hydrazine groups is 1. The average Bonchev–Trinajstić information content (AvgIpc) is 2.44. The first-order valence-corrected chi connectivity index (χ1v) is 3.97. The van der Waals surface area contributed by atoms with Crippen molar-refractivity contribution in [1.82, 2.24) is 10.3 Å². The van der Waals surface area contributed by atoms with Gasteiger partial charge in [0.2, 0.25) is 5.91 Å². The van der Waals surface area contributed by atoms with E-state index >= 15 is 0 Å². The Morgan fingerprint density at radius 3 is 2.91 bits per heavy atom. The standard InChI is InChI=1S/C7H13N3O/c8-10-2-1-7(5-10)3-6(11)9-4-7/h1-5,8H2,(H,9,11). The van der Waals surface area contributed by atoms with Gasteiger partial charge in [-0.3, -0.25) is 10.6 Å². The lowest BCUT2D eigenvalue weighted by Crippen LogP contribution is -2.33. The maximum absolute atomic E-state index is 10.9. The second-order valence-corrected chi connectivity index (χ2v) is 3.67. The Kier molecular flexibility index (Phi) is 1.40. The van der Waals surface area contributed by atoms with Gasteiger partial charge in [0.1, 0.15) is 0 Å². The van der Waals surface area contributed by atoms with Crippen molar-refractivity contribution in [1.29, 1.82) is 0 Å². The summed E-state index contributed by atoms with van der Waals surface area (Å²) in [7, 11) is 0. The molecule has 0 aromatic carbocycles. The van der Waals surface area contributed by atoms with E-state index in [4.69, 9.17) is 5.84 Å². The van der Waals surface area contributed by atoms with Crippen LogP contribution in [0.2, 0.25) is 0 Å². The van der Waals surface area contributed by atoms with Gasteiger partial charge < -0.3 is 5.32 Å². The molecule has 4 heteroatoms. The molecule has 0 saturated carbocycles. The number of nitrogens with zero attached hydrogens (tertiary/aromatic N) is 1. The number of nitrogens with two attached hydrogens (primary N) is 1. The number of amides is 1. The lowest BCUT2D eigenvalue weighted by molar-refractivity contribution is -0.119. The largest absolute Gasteiger partial charge is 0.355 e. The Morgan fingerprint density at radius 2 is 2.45 bits per heavy atom. The summed E-state index contributed by atoms with van der Waals surface area (Å²) in [5.74, 6) is 5.81. The molecule has 0 aromatic heterocycles. The first-order chi connectivity index (χ1) is 5.20. The Bertz CT molecular complexity index is 194. The van der Waals surface area contributed by atoms with E-state index in [-0.39, 0.29) is 11.3 Å². The van der Waals surface area contributed by atoms with Crippen LogP contribution in [0.1, 0.15) is 12.8 Å². The van der Waals surface area contributed by atoms with Crippen molar-refractivity contribution >= 4 is 5.91 Å². The number of hydrogen-bond donors (Lipinski definition) is 2. The molecular weight excluding hydrogens is 142 g/mol. The van der Waals surface area contributed by atoms with Crippen LogP contribution in [0, 0.1) is 5.41 Å². The molecule has 1 atom stereocenters. The highest BCUT2D eigenvalue weighted by molar-refractivity contribution is 5.79. The van der Waals surface area contributed by atoms with Gasteiger partial charge in [-0.05, 0) is 6.42 Å². The van der Waals surface area contributed by atoms with Crippen LogP contribution in [0.25, 0.3) is 0 Å². The van der Waals surface area contributed by atoms with Crippen LogP contribution in [0.15, 0.2) is 0 Å². The van der Waals surface area contributed by atoms with Gasteiger partial charge in [-0.1, -0.05) is 0 Å². The number of hydrogen-bond acceptors (Lipinski definition) is 3. The number of rotatable bonds is 0. The van der Waals surface area contributed by atoms with Crippen molar-refractivity contribution in [2.45, 2.75) is 12.8 Å². The van der Waals surface area contributed by atoms with Crippen molar-refractivity contribution in [3.8, 4) is 0 Å². The van der Waals surface area contributed by atoms with E-state index in [9.17, 15) is 4.79 Å². The third-order valence-corrected chi connectivity index (χ3v) is 2.66. The van der Waals surface area contributed by atoms with Gasteiger partial charge in [0.15, 0.2) is 0 Å². The molecule has 62 valence electrons. The van der Waals surface area contributed by atoms with Crippen LogP contribution in [0.3, 0.4) is 0 Å². The van der Waals surface area contributed by atoms with Crippen LogP contribution in [0.5, 0.6) is 0 Å². The van der Waals surface area contributed by atoms with E-state index in [1.54, 1.807) is 5.01 Å². The molecule has 3 N–H and O–H groups in total. The van der Waals surface area contributed by atoms with Gasteiger partial charge in [-0.15, -0.1) is 0 Å². The van der Waals surface area contributed by atoms with Crippen LogP contribution in [0.4, 0.5) is 0 Å². The maximum atomic E-state index is 10.9. The fourth-order valence-corrected chi connectivity index (χ4v) is 2.01. The van der Waals surface area contributed by atoms with Gasteiger partial charge in [0.05, 0.1) is 0 Å². The first kappa shape index (κ1) is 7.06. The minimum absolute atomic E-state index is 0.172. The van der Waals surface area contributed by atoms with E-state index in [0.29, 0.717) is 6.42 Å². The van der Waals surface area contributed by atoms with Crippen LogP contribution < -0.4 is 11.2 Å². The molecule has 2 heterocycles. The highest BCUT2D eigenvalue weighted by Crippen LogP contribution is 2.34. The summed E-state index contributed by atoms with van der Waals surface area (Å²) in [5.41, 5.74) is 0.172. The predicted octanol–water partition coefficient (Wildman–Crippen LogP) is -0.928. The van der Waals surface area contributed by atoms with Crippen molar-refractivity contribution in [2.24, 2.45) is 11.3 Å². The molecule has 2 aliphatic heterocycles. The van der Waals surface area contributed by atoms with Crippen LogP contribution in [-0.2, 0) is 4.79 Å². The van der Waals surface area contributed by atoms with Crippen molar-refractivity contribution in [3.05, 3.63) is 0 Å². The summed E-state index contributed by atoms with van der Waals surface area (Å²) < 4.78 is 0. The first-order valence-electron chi connectivity index (χ1n) is 3.97. The van der Waals surface area contributed by atoms with Crippen molar-refractivity contribution in [2.75, 3.05) is 19.6 Å². The van der Waals surface area contributed by atoms with E-state index in [2.05, 4.69) is 5.32 Å². The van der Waals surface area contributed by atoms with Gasteiger partial charge in [0, 0.05) is 31.5 Å². The molecule has 0 aromatic rings. The quantitative estimate of drug-likeness (QED) is 0.444. The van der Waals surface area contributed by atoms with Crippen LogP contribution in [-0.4, -0.2) is 30.6 Å². The van der Waals surface area contributed by atoms with Gasteiger partial charge in [-0.2, -0.15) is 0 Å². The molecule has 2 aliphatic rings. The highest BCUT2D eigenvalue weighted by Gasteiger charge is 2.42. The Morgan fingerprint density at radius 1 is 1.64 bits per heavy atom. The summed E-state index contributed by atoms with van der Waals surface area (Å²) in [6, 6.07) is 0. The second kappa shape index (κ2) is 2.19. The van der Waals surface area contributed by atoms with Gasteiger partial charge in [0.25, 0.3) is 0 Å². The number of carbonyl (C=O) groups excluding carboxylic acids is 1. The normalized spacial score (nSPS) is 38.5. The second-order valence-electron chi connectivity index (χ2n) is 3.67. The fourth-order valence-electron chi connectivity index (χ4n) is 2.01. The molecule has 2 fully saturated rings. The minimum atomic E-state index is 0.172. The van der Waals surface area contributed by atoms with Crippen molar-refractivity contribution < 1.29 is 4.79 Å². The average molecular weight is 155 g/mol. The zero-order valence-corrected chi connectivity index (χ0v) is 6.47. The predicted molar refractivity (Wildman–Crippen MR) is 40.4 cm³/mol. The van der Waals surface area contributed by atoms with Crippen LogP contribution >= 0.6 is 0 Å². The molecule has 2 saturated heterocycles. The highest BCUT2D eigenvalue weighted by atomic mass is 16.1. The lowest BCUT2D eigenvalue weighted by Gasteiger charge is -2.18. The molecule has 2 rings (SSSR count). The Hall–Kier alpha value is -0.610. The van der Waals surface area contributed by atoms with E-state index in [1.807, 2.05) is 0 Å². The summed E-state index contributed by atoms with van der Waals surface area (Å²) in [6.45, 7) is 2.61. The number of carbonyl (C=O) groups is 1. The minimum Gasteiger partial charge on any atom is -0.355 e. The molecule has 0 radical (unpaired) electrons. The SMILES string of the molecule is NN1CCC2(CNC(=O)C2)C1. The molecule has 0 aliphatic carbocycles. The molecular formula is C7H13N3O. The summed E-state index contributed by atoms with van der Waals surface area (Å²) in [4.78, 5) is 10.9. The zero-order chi connectivity index (χ0) is 7.90. The summed E-state index contributed by atoms with van der Waals surface area (Å²) in [6.07, 6.45) is 1.73. The smallest absolute Gasteiger partial charge is 0.220 e. The molecule has 11 heavy (non-hydrogen) atoms. The third kappa shape index (κ3) is 1.12. The van der Waals surface area contributed by atoms with Gasteiger partial charge in [-0.25, -0.2) is 5.01 Å². The van der Waals surface area contributed by atoms with E-state index < -0.39 is 0 Å². The molecule has 1 unspecified atom stereocenters. The maximum Gasteiger partial charge on any atom is 0.220 e. The monoisotopic (exact) mass is 155 g/mol. The van der Waals surface area contributed by atoms with Crippen molar-refractivity contribution in [3.63, 3.8) is 0 Å². The zero-order valence-electron chi connectivity index (χ0n) is 6.47. The third-order valence-electron chi connectivity index (χ3n) is 2.66. The van der Waals surface area contributed by atoms with Gasteiger partial charge >= 0.3 is 0 Å². The van der Waals surface area contributed by atoms with E-state index in [0.717, 1.165) is 26.1 Å². The molecule has 1 spiro atoms. The molecule has 4 nitrogen and oxygen atoms in total. The number of nitrogens with one attached hydrogen (secondary N) is 1. The topological polar surface area (TPSA) is 58.4 Å². The summed E-state index contributed by atoms with van der Waals surface area (Å²) in [5, 5.41) is 4.66.